The van der Waals surface area contributed by atoms with E-state index in [0.29, 0.717) is 12.0 Å². The molecule has 0 aliphatic carbocycles. The molecule has 17 heavy (non-hydrogen) atoms. The summed E-state index contributed by atoms with van der Waals surface area (Å²) in [4.78, 5) is 0. The van der Waals surface area contributed by atoms with Crippen LogP contribution in [0.3, 0.4) is 0 Å². The number of hydrogen-bond acceptors (Lipinski definition) is 2. The molecular weight excluding hydrogens is 210 g/mol. The van der Waals surface area contributed by atoms with E-state index in [1.54, 1.807) is 0 Å². The molecule has 1 aromatic rings. The van der Waals surface area contributed by atoms with Gasteiger partial charge in [-0.25, -0.2) is 0 Å². The lowest BCUT2D eigenvalue weighted by Gasteiger charge is -2.22. The summed E-state index contributed by atoms with van der Waals surface area (Å²) < 4.78 is 5.88. The van der Waals surface area contributed by atoms with Crippen LogP contribution in [-0.2, 0) is 4.74 Å². The highest BCUT2D eigenvalue weighted by Crippen LogP contribution is 2.16. The van der Waals surface area contributed by atoms with Crippen LogP contribution in [0.5, 0.6) is 0 Å². The van der Waals surface area contributed by atoms with Gasteiger partial charge >= 0.3 is 0 Å². The largest absolute Gasteiger partial charge is 0.376 e. The predicted molar refractivity (Wildman–Crippen MR) is 73.2 cm³/mol. The summed E-state index contributed by atoms with van der Waals surface area (Å²) in [6, 6.07) is 8.90. The van der Waals surface area contributed by atoms with Gasteiger partial charge < -0.3 is 10.1 Å². The highest BCUT2D eigenvalue weighted by molar-refractivity contribution is 5.24. The van der Waals surface area contributed by atoms with Gasteiger partial charge in [0.1, 0.15) is 0 Å². The first kappa shape index (κ1) is 14.2. The number of benzene rings is 1. The Morgan fingerprint density at radius 2 is 1.71 bits per heavy atom. The first-order valence-corrected chi connectivity index (χ1v) is 6.40. The standard InChI is InChI=1S/C15H25NO/c1-11(2)13(4)17-10-15(16-5)14-8-6-12(3)7-9-14/h6-9,11,13,15-16H,10H2,1-5H3. The minimum atomic E-state index is 0.275. The second-order valence-corrected chi connectivity index (χ2v) is 5.03. The molecule has 0 aliphatic rings. The first-order chi connectivity index (χ1) is 8.04. The third-order valence-electron chi connectivity index (χ3n) is 3.29. The van der Waals surface area contributed by atoms with Gasteiger partial charge in [0.05, 0.1) is 18.8 Å². The number of aryl methyl sites for hydroxylation is 1. The van der Waals surface area contributed by atoms with Gasteiger partial charge in [-0.2, -0.15) is 0 Å². The molecule has 0 aliphatic heterocycles. The molecule has 0 bridgehead atoms. The molecular formula is C15H25NO. The highest BCUT2D eigenvalue weighted by Gasteiger charge is 2.13. The lowest BCUT2D eigenvalue weighted by atomic mass is 10.1. The van der Waals surface area contributed by atoms with Crippen LogP contribution in [0.15, 0.2) is 24.3 Å². The fourth-order valence-corrected chi connectivity index (χ4v) is 1.59. The van der Waals surface area contributed by atoms with Crippen LogP contribution < -0.4 is 5.32 Å². The van der Waals surface area contributed by atoms with E-state index >= 15 is 0 Å². The Labute approximate surface area is 105 Å². The second-order valence-electron chi connectivity index (χ2n) is 5.03. The van der Waals surface area contributed by atoms with Crippen LogP contribution in [0.2, 0.25) is 0 Å². The summed E-state index contributed by atoms with van der Waals surface area (Å²) in [6.07, 6.45) is 0.302. The second kappa shape index (κ2) is 6.77. The van der Waals surface area contributed by atoms with Crippen LogP contribution in [0.4, 0.5) is 0 Å². The van der Waals surface area contributed by atoms with Crippen molar-refractivity contribution in [1.82, 2.24) is 5.32 Å². The van der Waals surface area contributed by atoms with Crippen molar-refractivity contribution in [1.29, 1.82) is 0 Å². The molecule has 0 saturated heterocycles. The lowest BCUT2D eigenvalue weighted by molar-refractivity contribution is 0.0229. The van der Waals surface area contributed by atoms with Crippen molar-refractivity contribution in [2.24, 2.45) is 5.92 Å². The zero-order valence-corrected chi connectivity index (χ0v) is 11.7. The van der Waals surface area contributed by atoms with Gasteiger partial charge in [0.2, 0.25) is 0 Å². The van der Waals surface area contributed by atoms with Crippen LogP contribution in [0.25, 0.3) is 0 Å². The summed E-state index contributed by atoms with van der Waals surface area (Å²) in [5, 5.41) is 3.31. The van der Waals surface area contributed by atoms with Crippen molar-refractivity contribution >= 4 is 0 Å². The van der Waals surface area contributed by atoms with Crippen molar-refractivity contribution in [3.8, 4) is 0 Å². The Morgan fingerprint density at radius 3 is 2.18 bits per heavy atom. The van der Waals surface area contributed by atoms with Crippen molar-refractivity contribution in [3.63, 3.8) is 0 Å². The molecule has 0 heterocycles. The summed E-state index contributed by atoms with van der Waals surface area (Å²) in [5.41, 5.74) is 2.58. The molecule has 1 aromatic carbocycles. The van der Waals surface area contributed by atoms with E-state index in [9.17, 15) is 0 Å². The van der Waals surface area contributed by atoms with E-state index in [1.165, 1.54) is 11.1 Å². The van der Waals surface area contributed by atoms with Gasteiger partial charge in [-0.1, -0.05) is 43.7 Å². The number of nitrogens with one attached hydrogen (secondary N) is 1. The summed E-state index contributed by atoms with van der Waals surface area (Å²) in [6.45, 7) is 9.33. The van der Waals surface area contributed by atoms with Crippen LogP contribution in [0, 0.1) is 12.8 Å². The van der Waals surface area contributed by atoms with E-state index in [1.807, 2.05) is 7.05 Å². The van der Waals surface area contributed by atoms with Gasteiger partial charge in [-0.05, 0) is 32.4 Å². The SMILES string of the molecule is CNC(COC(C)C(C)C)c1ccc(C)cc1. The molecule has 0 aromatic heterocycles. The fourth-order valence-electron chi connectivity index (χ4n) is 1.59. The maximum atomic E-state index is 5.88. The Bertz CT molecular complexity index is 318. The average Bonchev–Trinajstić information content (AvgIpc) is 2.31. The van der Waals surface area contributed by atoms with Gasteiger partial charge in [0, 0.05) is 0 Å². The smallest absolute Gasteiger partial charge is 0.0665 e. The molecule has 0 radical (unpaired) electrons. The molecule has 0 saturated carbocycles. The van der Waals surface area contributed by atoms with Crippen LogP contribution >= 0.6 is 0 Å². The zero-order valence-electron chi connectivity index (χ0n) is 11.7. The minimum absolute atomic E-state index is 0.275. The number of likely N-dealkylation sites (N-methyl/N-ethyl adjacent to an activating group) is 1. The molecule has 1 N–H and O–H groups in total. The van der Waals surface area contributed by atoms with Crippen molar-refractivity contribution in [2.45, 2.75) is 39.8 Å². The van der Waals surface area contributed by atoms with Gasteiger partial charge in [-0.3, -0.25) is 0 Å². The van der Waals surface area contributed by atoms with Crippen LogP contribution in [0.1, 0.15) is 37.9 Å². The van der Waals surface area contributed by atoms with Crippen molar-refractivity contribution in [3.05, 3.63) is 35.4 Å². The molecule has 2 heteroatoms. The Kier molecular flexibility index (Phi) is 5.66. The van der Waals surface area contributed by atoms with Gasteiger partial charge in [-0.15, -0.1) is 0 Å². The summed E-state index contributed by atoms with van der Waals surface area (Å²) >= 11 is 0. The zero-order chi connectivity index (χ0) is 12.8. The molecule has 2 atom stereocenters. The summed E-state index contributed by atoms with van der Waals surface area (Å²) in [5.74, 6) is 0.561. The lowest BCUT2D eigenvalue weighted by Crippen LogP contribution is -2.26. The van der Waals surface area contributed by atoms with E-state index in [-0.39, 0.29) is 6.04 Å². The number of ether oxygens (including phenoxy) is 1. The maximum Gasteiger partial charge on any atom is 0.0665 e. The van der Waals surface area contributed by atoms with Crippen molar-refractivity contribution < 1.29 is 4.74 Å². The molecule has 2 unspecified atom stereocenters. The topological polar surface area (TPSA) is 21.3 Å². The minimum Gasteiger partial charge on any atom is -0.376 e. The molecule has 2 nitrogen and oxygen atoms in total. The Hall–Kier alpha value is -0.860. The predicted octanol–water partition coefficient (Wildman–Crippen LogP) is 3.32. The third-order valence-corrected chi connectivity index (χ3v) is 3.29. The van der Waals surface area contributed by atoms with Gasteiger partial charge in [0.25, 0.3) is 0 Å². The Morgan fingerprint density at radius 1 is 1.12 bits per heavy atom. The average molecular weight is 235 g/mol. The van der Waals surface area contributed by atoms with E-state index in [4.69, 9.17) is 4.74 Å². The van der Waals surface area contributed by atoms with Crippen LogP contribution in [-0.4, -0.2) is 19.8 Å². The van der Waals surface area contributed by atoms with Crippen molar-refractivity contribution in [2.75, 3.05) is 13.7 Å². The third kappa shape index (κ3) is 4.49. The molecule has 0 spiro atoms. The monoisotopic (exact) mass is 235 g/mol. The molecule has 1 rings (SSSR count). The highest BCUT2D eigenvalue weighted by atomic mass is 16.5. The quantitative estimate of drug-likeness (QED) is 0.816. The Balaban J connectivity index is 2.57. The molecule has 96 valence electrons. The number of hydrogen-bond donors (Lipinski definition) is 1. The van der Waals surface area contributed by atoms with Gasteiger partial charge in [0.15, 0.2) is 0 Å². The molecule has 0 amide bonds. The van der Waals surface area contributed by atoms with E-state index < -0.39 is 0 Å². The fraction of sp³-hybridized carbons (Fsp3) is 0.600. The normalized spacial score (nSPS) is 14.9. The number of rotatable bonds is 6. The first-order valence-electron chi connectivity index (χ1n) is 6.40. The molecule has 0 fully saturated rings. The van der Waals surface area contributed by atoms with E-state index in [2.05, 4.69) is 57.3 Å². The maximum absolute atomic E-state index is 5.88. The van der Waals surface area contributed by atoms with E-state index in [0.717, 1.165) is 6.61 Å². The summed E-state index contributed by atoms with van der Waals surface area (Å²) in [7, 11) is 1.98.